The van der Waals surface area contributed by atoms with Crippen LogP contribution in [0.5, 0.6) is 0 Å². The van der Waals surface area contributed by atoms with Gasteiger partial charge >= 0.3 is 0 Å². The smallest absolute Gasteiger partial charge is 0.282 e. The molecule has 0 unspecified atom stereocenters. The number of nitrogens with zero attached hydrogens (tertiary/aromatic N) is 4. The number of para-hydroxylation sites is 3. The molecule has 256 valence electrons. The molecule has 12 aromatic rings. The Labute approximate surface area is 314 Å². The normalized spacial score (nSPS) is 12.1. The number of fused-ring (bicyclic) bond motifs is 14. The number of rotatable bonds is 3. The summed E-state index contributed by atoms with van der Waals surface area (Å²) in [5.41, 5.74) is 9.18. The first kappa shape index (κ1) is 30.0. The average molecular weight is 703 g/mol. The number of benzene rings is 9. The van der Waals surface area contributed by atoms with Crippen LogP contribution in [0.15, 0.2) is 187 Å². The van der Waals surface area contributed by atoms with Crippen molar-refractivity contribution in [2.24, 2.45) is 0 Å². The molecule has 0 aliphatic rings. The first-order valence-electron chi connectivity index (χ1n) is 18.6. The van der Waals surface area contributed by atoms with Crippen LogP contribution in [0.3, 0.4) is 0 Å². The molecule has 0 fully saturated rings. The number of imidazole rings is 1. The Balaban J connectivity index is 1.13. The molecule has 0 N–H and O–H groups in total. The topological polar surface area (TPSA) is 44.2 Å². The standard InChI is InChI=1S/C50H30N4O/c55-49-41-19-9-11-21-45(41)54-48-29-32(31-22-26-46-43(28-31)40-18-8-10-20-44(40)52(46)33-12-2-1-3-13-33)23-27-47(48)53(50(54)51-49)34-24-25-39-37-16-5-4-14-35(37)36-15-6-7-17-38(36)42(39)30-34/h1-30H. The Morgan fingerprint density at radius 2 is 0.873 bits per heavy atom. The summed E-state index contributed by atoms with van der Waals surface area (Å²) >= 11 is 0. The van der Waals surface area contributed by atoms with Gasteiger partial charge in [0, 0.05) is 22.1 Å². The summed E-state index contributed by atoms with van der Waals surface area (Å²) in [4.78, 5) is 18.5. The molecule has 0 bridgehead atoms. The molecule has 12 rings (SSSR count). The zero-order chi connectivity index (χ0) is 36.2. The fraction of sp³-hybridized carbons (Fsp3) is 0. The van der Waals surface area contributed by atoms with Crippen molar-refractivity contribution in [3.05, 3.63) is 192 Å². The summed E-state index contributed by atoms with van der Waals surface area (Å²) < 4.78 is 6.64. The van der Waals surface area contributed by atoms with Crippen LogP contribution in [0.25, 0.3) is 104 Å². The first-order valence-corrected chi connectivity index (χ1v) is 18.6. The van der Waals surface area contributed by atoms with Gasteiger partial charge in [-0.25, -0.2) is 0 Å². The fourth-order valence-electron chi connectivity index (χ4n) is 9.02. The van der Waals surface area contributed by atoms with Crippen molar-refractivity contribution < 1.29 is 0 Å². The van der Waals surface area contributed by atoms with E-state index in [1.54, 1.807) is 0 Å². The lowest BCUT2D eigenvalue weighted by Gasteiger charge is -2.13. The molecule has 0 radical (unpaired) electrons. The van der Waals surface area contributed by atoms with Crippen LogP contribution in [0, 0.1) is 0 Å². The maximum atomic E-state index is 13.7. The highest BCUT2D eigenvalue weighted by Crippen LogP contribution is 2.39. The number of hydrogen-bond donors (Lipinski definition) is 0. The van der Waals surface area contributed by atoms with Gasteiger partial charge in [0.05, 0.1) is 33.0 Å². The maximum absolute atomic E-state index is 13.7. The lowest BCUT2D eigenvalue weighted by molar-refractivity contribution is 1.06. The zero-order valence-electron chi connectivity index (χ0n) is 29.5. The summed E-state index contributed by atoms with van der Waals surface area (Å²) in [6.07, 6.45) is 0. The summed E-state index contributed by atoms with van der Waals surface area (Å²) in [7, 11) is 0. The van der Waals surface area contributed by atoms with E-state index in [-0.39, 0.29) is 5.56 Å². The van der Waals surface area contributed by atoms with E-state index in [1.165, 1.54) is 43.2 Å². The Morgan fingerprint density at radius 3 is 1.60 bits per heavy atom. The van der Waals surface area contributed by atoms with Crippen LogP contribution in [-0.2, 0) is 0 Å². The molecule has 3 heterocycles. The summed E-state index contributed by atoms with van der Waals surface area (Å²) in [5.74, 6) is 0.585. The van der Waals surface area contributed by atoms with Crippen molar-refractivity contribution in [1.82, 2.24) is 18.5 Å². The van der Waals surface area contributed by atoms with Gasteiger partial charge < -0.3 is 4.57 Å². The van der Waals surface area contributed by atoms with Gasteiger partial charge in [-0.2, -0.15) is 4.98 Å². The third-order valence-electron chi connectivity index (χ3n) is 11.4. The highest BCUT2D eigenvalue weighted by Gasteiger charge is 2.20. The predicted octanol–water partition coefficient (Wildman–Crippen LogP) is 12.0. The second kappa shape index (κ2) is 11.3. The van der Waals surface area contributed by atoms with Crippen LogP contribution in [-0.4, -0.2) is 18.5 Å². The van der Waals surface area contributed by atoms with E-state index in [4.69, 9.17) is 4.98 Å². The molecule has 0 saturated heterocycles. The minimum atomic E-state index is -0.239. The summed E-state index contributed by atoms with van der Waals surface area (Å²) in [5, 5.41) is 10.2. The maximum Gasteiger partial charge on any atom is 0.282 e. The monoisotopic (exact) mass is 702 g/mol. The van der Waals surface area contributed by atoms with Crippen molar-refractivity contribution in [2.45, 2.75) is 0 Å². The van der Waals surface area contributed by atoms with Gasteiger partial charge in [-0.3, -0.25) is 13.8 Å². The molecule has 0 spiro atoms. The van der Waals surface area contributed by atoms with Crippen molar-refractivity contribution in [3.63, 3.8) is 0 Å². The second-order valence-electron chi connectivity index (χ2n) is 14.3. The Hall–Kier alpha value is -7.50. The highest BCUT2D eigenvalue weighted by atomic mass is 16.1. The lowest BCUT2D eigenvalue weighted by atomic mass is 9.94. The van der Waals surface area contributed by atoms with Crippen LogP contribution in [0.2, 0.25) is 0 Å². The molecule has 0 amide bonds. The van der Waals surface area contributed by atoms with Crippen molar-refractivity contribution in [2.75, 3.05) is 0 Å². The van der Waals surface area contributed by atoms with Gasteiger partial charge in [0.15, 0.2) is 0 Å². The van der Waals surface area contributed by atoms with E-state index < -0.39 is 0 Å². The SMILES string of the molecule is O=c1nc2n(-c3ccc4c5ccccc5c5ccccc5c4c3)c3ccc(-c4ccc5c(c4)c4ccccc4n5-c4ccccc4)cc3n2c2ccccc12. The van der Waals surface area contributed by atoms with Crippen molar-refractivity contribution >= 4 is 81.8 Å². The summed E-state index contributed by atoms with van der Waals surface area (Å²) in [6, 6.07) is 64.2. The molecule has 5 nitrogen and oxygen atoms in total. The van der Waals surface area contributed by atoms with Gasteiger partial charge in [0.25, 0.3) is 5.56 Å². The first-order chi connectivity index (χ1) is 27.2. The number of hydrogen-bond acceptors (Lipinski definition) is 2. The quantitative estimate of drug-likeness (QED) is 0.172. The highest BCUT2D eigenvalue weighted by molar-refractivity contribution is 6.25. The van der Waals surface area contributed by atoms with E-state index in [9.17, 15) is 4.79 Å². The summed E-state index contributed by atoms with van der Waals surface area (Å²) in [6.45, 7) is 0. The zero-order valence-corrected chi connectivity index (χ0v) is 29.5. The van der Waals surface area contributed by atoms with E-state index in [0.29, 0.717) is 11.2 Å². The van der Waals surface area contributed by atoms with E-state index >= 15 is 0 Å². The molecule has 55 heavy (non-hydrogen) atoms. The van der Waals surface area contributed by atoms with Gasteiger partial charge in [-0.1, -0.05) is 115 Å². The molecule has 3 aromatic heterocycles. The van der Waals surface area contributed by atoms with Gasteiger partial charge in [0.1, 0.15) is 0 Å². The van der Waals surface area contributed by atoms with E-state index in [2.05, 4.69) is 171 Å². The van der Waals surface area contributed by atoms with E-state index in [0.717, 1.165) is 50.0 Å². The minimum Gasteiger partial charge on any atom is -0.309 e. The lowest BCUT2D eigenvalue weighted by Crippen LogP contribution is -2.11. The van der Waals surface area contributed by atoms with Gasteiger partial charge in [-0.15, -0.1) is 0 Å². The molecule has 0 aliphatic carbocycles. The molecule has 9 aromatic carbocycles. The van der Waals surface area contributed by atoms with Crippen LogP contribution in [0.1, 0.15) is 0 Å². The van der Waals surface area contributed by atoms with Crippen molar-refractivity contribution in [1.29, 1.82) is 0 Å². The Bertz CT molecular complexity index is 3590. The molecule has 5 heteroatoms. The van der Waals surface area contributed by atoms with Gasteiger partial charge in [-0.05, 0) is 110 Å². The molecular formula is C50H30N4O. The third-order valence-corrected chi connectivity index (χ3v) is 11.4. The second-order valence-corrected chi connectivity index (χ2v) is 14.3. The van der Waals surface area contributed by atoms with Crippen LogP contribution < -0.4 is 5.56 Å². The van der Waals surface area contributed by atoms with Crippen LogP contribution in [0.4, 0.5) is 0 Å². The minimum absolute atomic E-state index is 0.239. The largest absolute Gasteiger partial charge is 0.309 e. The fourth-order valence-corrected chi connectivity index (χ4v) is 9.02. The van der Waals surface area contributed by atoms with E-state index in [1.807, 2.05) is 24.3 Å². The molecule has 0 saturated carbocycles. The molecular weight excluding hydrogens is 673 g/mol. The van der Waals surface area contributed by atoms with Gasteiger partial charge in [0.2, 0.25) is 5.78 Å². The Morgan fingerprint density at radius 1 is 0.327 bits per heavy atom. The Kier molecular flexibility index (Phi) is 6.14. The van der Waals surface area contributed by atoms with Crippen LogP contribution >= 0.6 is 0 Å². The number of aromatic nitrogens is 4. The predicted molar refractivity (Wildman–Crippen MR) is 228 cm³/mol. The van der Waals surface area contributed by atoms with Crippen molar-refractivity contribution in [3.8, 4) is 22.5 Å². The third kappa shape index (κ3) is 4.23. The molecule has 0 aliphatic heterocycles. The average Bonchev–Trinajstić information content (AvgIpc) is 3.76. The molecule has 0 atom stereocenters.